The van der Waals surface area contributed by atoms with Crippen LogP contribution in [0.25, 0.3) is 0 Å². The van der Waals surface area contributed by atoms with Crippen LogP contribution in [0.1, 0.15) is 139 Å². The first-order valence-electron chi connectivity index (χ1n) is 21.8. The largest absolute Gasteiger partial charge is 0.429 e. The van der Waals surface area contributed by atoms with Crippen molar-refractivity contribution in [3.63, 3.8) is 0 Å². The van der Waals surface area contributed by atoms with Crippen LogP contribution in [0, 0.1) is 11.3 Å². The predicted molar refractivity (Wildman–Crippen MR) is 243 cm³/mol. The second kappa shape index (κ2) is 30.4. The summed E-state index contributed by atoms with van der Waals surface area (Å²) in [7, 11) is 0. The van der Waals surface area contributed by atoms with E-state index in [4.69, 9.17) is 9.47 Å². The van der Waals surface area contributed by atoms with Crippen molar-refractivity contribution in [1.29, 1.82) is 0 Å². The highest BCUT2D eigenvalue weighted by molar-refractivity contribution is 5.88. The monoisotopic (exact) mass is 819 g/mol. The zero-order valence-corrected chi connectivity index (χ0v) is 37.7. The zero-order chi connectivity index (χ0) is 44.2. The number of hydrogen-bond acceptors (Lipinski definition) is 8. The Morgan fingerprint density at radius 1 is 0.780 bits per heavy atom. The molecule has 1 saturated heterocycles. The van der Waals surface area contributed by atoms with Gasteiger partial charge in [-0.15, -0.1) is 0 Å². The summed E-state index contributed by atoms with van der Waals surface area (Å²) in [6, 6.07) is 0. The molecule has 0 spiro atoms. The van der Waals surface area contributed by atoms with E-state index in [0.717, 1.165) is 55.5 Å². The Balaban J connectivity index is 3.08. The van der Waals surface area contributed by atoms with E-state index in [2.05, 4.69) is 78.0 Å². The van der Waals surface area contributed by atoms with E-state index >= 15 is 0 Å². The summed E-state index contributed by atoms with van der Waals surface area (Å²) in [5, 5.41) is 39.9. The molecule has 1 rings (SSSR count). The smallest absolute Gasteiger partial charge is 0.336 e. The van der Waals surface area contributed by atoms with Gasteiger partial charge in [-0.3, -0.25) is 4.79 Å². The summed E-state index contributed by atoms with van der Waals surface area (Å²) in [5.74, 6) is -0.00874. The third-order valence-corrected chi connectivity index (χ3v) is 10.8. The van der Waals surface area contributed by atoms with Crippen LogP contribution < -0.4 is 0 Å². The molecule has 1 aliphatic rings. The van der Waals surface area contributed by atoms with Crippen LogP contribution >= 0.6 is 0 Å². The Morgan fingerprint density at radius 2 is 1.41 bits per heavy atom. The Labute approximate surface area is 357 Å². The SMILES string of the molecule is CCC(C)CCCCCCCCC=C(C=O)C(C)(C=CC=C(C)C(=O)O[C@H]1O[C@H](CO)[C@@H](O)[C@H](O)[C@H]1O)CC=CC=C(C)C=CC=C(C)C=CC=C(C)CCC=C(C)C. The molecule has 8 nitrogen and oxygen atoms in total. The van der Waals surface area contributed by atoms with E-state index in [1.807, 2.05) is 50.3 Å². The molecular formula is C51H78O8. The molecule has 0 saturated carbocycles. The Bertz CT molecular complexity index is 1560. The lowest BCUT2D eigenvalue weighted by Crippen LogP contribution is -2.59. The number of carbonyl (C=O) groups excluding carboxylic acids is 2. The maximum absolute atomic E-state index is 12.9. The normalized spacial score (nSPS) is 23.1. The minimum absolute atomic E-state index is 0.184. The van der Waals surface area contributed by atoms with Gasteiger partial charge in [0.25, 0.3) is 0 Å². The van der Waals surface area contributed by atoms with Gasteiger partial charge in [0.05, 0.1) is 6.61 Å². The number of rotatable bonds is 27. The minimum Gasteiger partial charge on any atom is -0.429 e. The van der Waals surface area contributed by atoms with Gasteiger partial charge in [0.15, 0.2) is 0 Å². The second-order valence-corrected chi connectivity index (χ2v) is 16.7. The summed E-state index contributed by atoms with van der Waals surface area (Å²) >= 11 is 0. The van der Waals surface area contributed by atoms with E-state index in [1.165, 1.54) is 56.6 Å². The third kappa shape index (κ3) is 22.5. The minimum atomic E-state index is -1.69. The van der Waals surface area contributed by atoms with Gasteiger partial charge in [-0.05, 0) is 85.1 Å². The highest BCUT2D eigenvalue weighted by Gasteiger charge is 2.45. The molecule has 0 aliphatic carbocycles. The van der Waals surface area contributed by atoms with Crippen molar-refractivity contribution in [3.8, 4) is 0 Å². The molecule has 1 heterocycles. The molecule has 1 fully saturated rings. The summed E-state index contributed by atoms with van der Waals surface area (Å²) in [5.41, 5.74) is 5.10. The molecule has 59 heavy (non-hydrogen) atoms. The first-order chi connectivity index (χ1) is 28.1. The number of aliphatic hydroxyl groups is 4. The van der Waals surface area contributed by atoms with Crippen LogP contribution in [0.3, 0.4) is 0 Å². The second-order valence-electron chi connectivity index (χ2n) is 16.7. The number of ether oxygens (including phenoxy) is 2. The van der Waals surface area contributed by atoms with Crippen LogP contribution in [-0.2, 0) is 19.1 Å². The topological polar surface area (TPSA) is 134 Å². The van der Waals surface area contributed by atoms with Gasteiger partial charge in [-0.25, -0.2) is 4.79 Å². The average Bonchev–Trinajstić information content (AvgIpc) is 3.20. The highest BCUT2D eigenvalue weighted by atomic mass is 16.7. The average molecular weight is 819 g/mol. The van der Waals surface area contributed by atoms with E-state index in [9.17, 15) is 30.0 Å². The zero-order valence-electron chi connectivity index (χ0n) is 37.7. The predicted octanol–water partition coefficient (Wildman–Crippen LogP) is 10.8. The van der Waals surface area contributed by atoms with Gasteiger partial charge in [0, 0.05) is 11.0 Å². The maximum Gasteiger partial charge on any atom is 0.336 e. The fourth-order valence-electron chi connectivity index (χ4n) is 6.37. The van der Waals surface area contributed by atoms with Crippen molar-refractivity contribution in [2.75, 3.05) is 6.61 Å². The molecule has 0 aromatic heterocycles. The van der Waals surface area contributed by atoms with Crippen LogP contribution in [0.5, 0.6) is 0 Å². The molecule has 8 heteroatoms. The molecule has 0 amide bonds. The molecule has 4 N–H and O–H groups in total. The van der Waals surface area contributed by atoms with Crippen LogP contribution in [0.4, 0.5) is 0 Å². The molecule has 330 valence electrons. The number of esters is 1. The third-order valence-electron chi connectivity index (χ3n) is 10.8. The summed E-state index contributed by atoms with van der Waals surface area (Å²) in [4.78, 5) is 25.5. The van der Waals surface area contributed by atoms with Crippen molar-refractivity contribution in [2.24, 2.45) is 11.3 Å². The summed E-state index contributed by atoms with van der Waals surface area (Å²) in [6.07, 6.45) is 34.4. The summed E-state index contributed by atoms with van der Waals surface area (Å²) in [6.45, 7) is 18.0. The van der Waals surface area contributed by atoms with Gasteiger partial charge < -0.3 is 29.9 Å². The van der Waals surface area contributed by atoms with Crippen molar-refractivity contribution in [1.82, 2.24) is 0 Å². The Hall–Kier alpha value is -3.66. The van der Waals surface area contributed by atoms with Crippen molar-refractivity contribution in [2.45, 2.75) is 170 Å². The number of allylic oxidation sites excluding steroid dienone is 19. The van der Waals surface area contributed by atoms with Crippen molar-refractivity contribution >= 4 is 12.3 Å². The first-order valence-corrected chi connectivity index (χ1v) is 21.8. The fraction of sp³-hybridized carbons (Fsp3) is 0.569. The Morgan fingerprint density at radius 3 is 2.03 bits per heavy atom. The number of carbonyl (C=O) groups is 2. The van der Waals surface area contributed by atoms with Crippen molar-refractivity contribution in [3.05, 3.63) is 119 Å². The molecule has 0 aromatic carbocycles. The number of hydrogen-bond donors (Lipinski definition) is 4. The fourth-order valence-corrected chi connectivity index (χ4v) is 6.37. The molecule has 0 radical (unpaired) electrons. The van der Waals surface area contributed by atoms with E-state index in [-0.39, 0.29) is 5.57 Å². The van der Waals surface area contributed by atoms with Gasteiger partial charge in [-0.1, -0.05) is 173 Å². The molecular weight excluding hydrogens is 741 g/mol. The van der Waals surface area contributed by atoms with Gasteiger partial charge in [-0.2, -0.15) is 0 Å². The quantitative estimate of drug-likeness (QED) is 0.0161. The van der Waals surface area contributed by atoms with Crippen molar-refractivity contribution < 1.29 is 39.5 Å². The van der Waals surface area contributed by atoms with Crippen LogP contribution in [0.2, 0.25) is 0 Å². The van der Waals surface area contributed by atoms with Gasteiger partial charge in [0.1, 0.15) is 30.7 Å². The number of aldehydes is 1. The molecule has 2 unspecified atom stereocenters. The first kappa shape index (κ1) is 53.4. The molecule has 0 aromatic rings. The summed E-state index contributed by atoms with van der Waals surface area (Å²) < 4.78 is 10.6. The van der Waals surface area contributed by atoms with E-state index in [0.29, 0.717) is 12.0 Å². The lowest BCUT2D eigenvalue weighted by molar-refractivity contribution is -0.291. The Kier molecular flexibility index (Phi) is 27.5. The standard InChI is InChI=1S/C51H78O8/c1-10-39(4)25-16-14-12-11-13-15-17-33-44(36-52)51(9,35-23-32-43(8)49(57)59-50-48(56)47(55)46(54)45(37-53)58-50)34-19-18-26-40(5)28-21-30-42(7)31-22-29-41(6)27-20-24-38(2)3/h18-19,21-24,26,28-33,35-36,39,45-48,50,53-56H,10-17,20,25,27,34,37H2,1-9H3/t39?,45-,46-,47+,48-,50-,51?/m1/s1. The maximum atomic E-state index is 12.9. The lowest BCUT2D eigenvalue weighted by atomic mass is 9.78. The van der Waals surface area contributed by atoms with Crippen LogP contribution in [0.15, 0.2) is 119 Å². The van der Waals surface area contributed by atoms with E-state index < -0.39 is 48.7 Å². The number of aliphatic hydroxyl groups excluding tert-OH is 4. The highest BCUT2D eigenvalue weighted by Crippen LogP contribution is 2.33. The van der Waals surface area contributed by atoms with Gasteiger partial charge >= 0.3 is 5.97 Å². The molecule has 1 aliphatic heterocycles. The molecule has 7 atom stereocenters. The van der Waals surface area contributed by atoms with Gasteiger partial charge in [0.2, 0.25) is 6.29 Å². The van der Waals surface area contributed by atoms with Crippen LogP contribution in [-0.4, -0.2) is 70.0 Å². The number of unbranched alkanes of at least 4 members (excludes halogenated alkanes) is 6. The van der Waals surface area contributed by atoms with E-state index in [1.54, 1.807) is 12.2 Å². The molecule has 0 bridgehead atoms. The lowest BCUT2D eigenvalue weighted by Gasteiger charge is -2.39.